The van der Waals surface area contributed by atoms with Gasteiger partial charge in [-0.05, 0) is 48.0 Å². The van der Waals surface area contributed by atoms with Crippen molar-refractivity contribution in [2.24, 2.45) is 0 Å². The van der Waals surface area contributed by atoms with Gasteiger partial charge in [-0.15, -0.1) is 0 Å². The van der Waals surface area contributed by atoms with Gasteiger partial charge in [-0.3, -0.25) is 9.78 Å². The molecule has 28 heavy (non-hydrogen) atoms. The monoisotopic (exact) mass is 399 g/mol. The zero-order valence-corrected chi connectivity index (χ0v) is 15.3. The van der Waals surface area contributed by atoms with Gasteiger partial charge in [0.15, 0.2) is 11.5 Å². The maximum Gasteiger partial charge on any atom is 0.270 e. The minimum absolute atomic E-state index is 0.0146. The van der Waals surface area contributed by atoms with Crippen molar-refractivity contribution >= 4 is 28.9 Å². The molecule has 0 saturated heterocycles. The van der Waals surface area contributed by atoms with E-state index in [-0.39, 0.29) is 23.4 Å². The molecule has 0 radical (unpaired) electrons. The summed E-state index contributed by atoms with van der Waals surface area (Å²) < 4.78 is 23.9. The largest absolute Gasteiger partial charge is 0.454 e. The molecule has 0 bridgehead atoms. The number of fused-ring (bicyclic) bond motifs is 1. The molecule has 1 aliphatic rings. The van der Waals surface area contributed by atoms with E-state index in [2.05, 4.69) is 15.6 Å². The summed E-state index contributed by atoms with van der Waals surface area (Å²) in [6.07, 6.45) is 1.52. The van der Waals surface area contributed by atoms with E-state index >= 15 is 0 Å². The minimum atomic E-state index is -0.495. The van der Waals surface area contributed by atoms with Crippen LogP contribution >= 0.6 is 11.6 Å². The minimum Gasteiger partial charge on any atom is -0.454 e. The van der Waals surface area contributed by atoms with E-state index in [1.807, 2.05) is 12.1 Å². The molecule has 2 aromatic carbocycles. The van der Waals surface area contributed by atoms with E-state index in [0.29, 0.717) is 29.4 Å². The molecule has 0 saturated carbocycles. The van der Waals surface area contributed by atoms with Crippen molar-refractivity contribution in [3.05, 3.63) is 76.8 Å². The second-order valence-electron chi connectivity index (χ2n) is 6.05. The predicted molar refractivity (Wildman–Crippen MR) is 103 cm³/mol. The zero-order valence-electron chi connectivity index (χ0n) is 14.5. The van der Waals surface area contributed by atoms with Crippen LogP contribution < -0.4 is 20.1 Å². The molecule has 0 spiro atoms. The molecule has 4 rings (SSSR count). The molecule has 0 aliphatic carbocycles. The van der Waals surface area contributed by atoms with Crippen LogP contribution in [0.4, 0.5) is 15.8 Å². The molecule has 8 heteroatoms. The molecule has 3 aromatic rings. The van der Waals surface area contributed by atoms with Gasteiger partial charge in [0.1, 0.15) is 11.5 Å². The summed E-state index contributed by atoms with van der Waals surface area (Å²) in [4.78, 5) is 16.5. The lowest BCUT2D eigenvalue weighted by Gasteiger charge is -2.09. The van der Waals surface area contributed by atoms with Gasteiger partial charge in [-0.2, -0.15) is 0 Å². The van der Waals surface area contributed by atoms with Crippen molar-refractivity contribution < 1.29 is 18.7 Å². The average Bonchev–Trinajstić information content (AvgIpc) is 3.17. The fourth-order valence-corrected chi connectivity index (χ4v) is 2.88. The lowest BCUT2D eigenvalue weighted by molar-refractivity contribution is 0.0946. The molecule has 0 unspecified atom stereocenters. The highest BCUT2D eigenvalue weighted by Gasteiger charge is 2.14. The second-order valence-corrected chi connectivity index (χ2v) is 6.46. The Kier molecular flexibility index (Phi) is 4.99. The van der Waals surface area contributed by atoms with Gasteiger partial charge in [0.05, 0.1) is 5.02 Å². The predicted octanol–water partition coefficient (Wildman–Crippen LogP) is 4.28. The maximum absolute atomic E-state index is 13.3. The number of hydrogen-bond donors (Lipinski definition) is 2. The summed E-state index contributed by atoms with van der Waals surface area (Å²) in [5.74, 6) is 0.537. The molecule has 0 atom stereocenters. The van der Waals surface area contributed by atoms with Crippen LogP contribution in [0.25, 0.3) is 0 Å². The number of aromatic nitrogens is 1. The number of carbonyl (C=O) groups is 1. The number of amides is 1. The van der Waals surface area contributed by atoms with Crippen molar-refractivity contribution in [3.63, 3.8) is 0 Å². The van der Waals surface area contributed by atoms with Crippen LogP contribution in [0.3, 0.4) is 0 Å². The Labute approximate surface area is 165 Å². The fourth-order valence-electron chi connectivity index (χ4n) is 2.70. The summed E-state index contributed by atoms with van der Waals surface area (Å²) in [5, 5.41) is 5.90. The molecular formula is C20H15ClFN3O3. The van der Waals surface area contributed by atoms with Crippen LogP contribution in [0.2, 0.25) is 5.02 Å². The summed E-state index contributed by atoms with van der Waals surface area (Å²) in [6.45, 7) is 0.524. The highest BCUT2D eigenvalue weighted by Crippen LogP contribution is 2.32. The number of rotatable bonds is 5. The average molecular weight is 400 g/mol. The highest BCUT2D eigenvalue weighted by molar-refractivity contribution is 6.31. The van der Waals surface area contributed by atoms with Gasteiger partial charge in [0, 0.05) is 24.1 Å². The lowest BCUT2D eigenvalue weighted by atomic mass is 10.2. The Morgan fingerprint density at radius 2 is 1.89 bits per heavy atom. The molecule has 1 aromatic heterocycles. The molecule has 142 valence electrons. The van der Waals surface area contributed by atoms with Gasteiger partial charge in [-0.1, -0.05) is 17.7 Å². The van der Waals surface area contributed by atoms with Gasteiger partial charge in [0.25, 0.3) is 5.91 Å². The highest BCUT2D eigenvalue weighted by atomic mass is 35.5. The lowest BCUT2D eigenvalue weighted by Crippen LogP contribution is -2.23. The van der Waals surface area contributed by atoms with Crippen LogP contribution in [0, 0.1) is 5.82 Å². The number of nitrogens with one attached hydrogen (secondary N) is 2. The van der Waals surface area contributed by atoms with Crippen LogP contribution in [-0.4, -0.2) is 17.7 Å². The van der Waals surface area contributed by atoms with E-state index in [4.69, 9.17) is 21.1 Å². The third kappa shape index (κ3) is 3.99. The Hall–Kier alpha value is -3.32. The number of hydrogen-bond acceptors (Lipinski definition) is 5. The first-order valence-corrected chi connectivity index (χ1v) is 8.81. The van der Waals surface area contributed by atoms with Crippen LogP contribution in [-0.2, 0) is 6.54 Å². The van der Waals surface area contributed by atoms with Crippen molar-refractivity contribution in [1.82, 2.24) is 10.3 Å². The Morgan fingerprint density at radius 1 is 1.07 bits per heavy atom. The topological polar surface area (TPSA) is 72.5 Å². The van der Waals surface area contributed by atoms with Gasteiger partial charge in [0.2, 0.25) is 6.79 Å². The van der Waals surface area contributed by atoms with E-state index in [9.17, 15) is 9.18 Å². The van der Waals surface area contributed by atoms with Gasteiger partial charge in [-0.25, -0.2) is 4.39 Å². The third-order valence-corrected chi connectivity index (χ3v) is 4.38. The van der Waals surface area contributed by atoms with Crippen LogP contribution in [0.5, 0.6) is 11.5 Å². The standard InChI is InChI=1S/C20H15ClFN3O3/c21-15-8-13(2-3-16(15)22)25-14-5-6-23-17(9-14)20(26)24-10-12-1-4-18-19(7-12)28-11-27-18/h1-9H,10-11H2,(H,23,25)(H,24,26). The maximum atomic E-state index is 13.3. The number of ether oxygens (including phenoxy) is 2. The van der Waals surface area contributed by atoms with Gasteiger partial charge < -0.3 is 20.1 Å². The van der Waals surface area contributed by atoms with E-state index < -0.39 is 5.82 Å². The number of benzene rings is 2. The molecule has 1 aliphatic heterocycles. The molecular weight excluding hydrogens is 385 g/mol. The van der Waals surface area contributed by atoms with Crippen molar-refractivity contribution in [2.45, 2.75) is 6.54 Å². The molecule has 1 amide bonds. The SMILES string of the molecule is O=C(NCc1ccc2c(c1)OCO2)c1cc(Nc2ccc(F)c(Cl)c2)ccn1. The first-order chi connectivity index (χ1) is 13.6. The number of halogens is 2. The smallest absolute Gasteiger partial charge is 0.270 e. The van der Waals surface area contributed by atoms with Crippen molar-refractivity contribution in [2.75, 3.05) is 12.1 Å². The van der Waals surface area contributed by atoms with Crippen molar-refractivity contribution in [3.8, 4) is 11.5 Å². The molecule has 2 N–H and O–H groups in total. The number of pyridine rings is 1. The summed E-state index contributed by atoms with van der Waals surface area (Å²) in [5.41, 5.74) is 2.36. The Morgan fingerprint density at radius 3 is 2.75 bits per heavy atom. The van der Waals surface area contributed by atoms with Crippen LogP contribution in [0.15, 0.2) is 54.7 Å². The number of carbonyl (C=O) groups excluding carboxylic acids is 1. The third-order valence-electron chi connectivity index (χ3n) is 4.09. The zero-order chi connectivity index (χ0) is 19.5. The normalized spacial score (nSPS) is 11.9. The quantitative estimate of drug-likeness (QED) is 0.670. The first kappa shape index (κ1) is 18.1. The Bertz CT molecular complexity index is 1040. The van der Waals surface area contributed by atoms with Crippen molar-refractivity contribution in [1.29, 1.82) is 0 Å². The van der Waals surface area contributed by atoms with E-state index in [1.54, 1.807) is 24.3 Å². The molecule has 0 fully saturated rings. The molecule has 2 heterocycles. The van der Waals surface area contributed by atoms with Crippen LogP contribution in [0.1, 0.15) is 16.1 Å². The van der Waals surface area contributed by atoms with E-state index in [1.165, 1.54) is 18.3 Å². The van der Waals surface area contributed by atoms with Gasteiger partial charge >= 0.3 is 0 Å². The second kappa shape index (κ2) is 7.74. The Balaban J connectivity index is 1.41. The number of nitrogens with zero attached hydrogens (tertiary/aromatic N) is 1. The summed E-state index contributed by atoms with van der Waals surface area (Å²) in [7, 11) is 0. The number of anilines is 2. The first-order valence-electron chi connectivity index (χ1n) is 8.43. The summed E-state index contributed by atoms with van der Waals surface area (Å²) >= 11 is 5.79. The summed E-state index contributed by atoms with van der Waals surface area (Å²) in [6, 6.07) is 13.1. The molecule has 6 nitrogen and oxygen atoms in total. The fraction of sp³-hybridized carbons (Fsp3) is 0.100. The van der Waals surface area contributed by atoms with E-state index in [0.717, 1.165) is 5.56 Å².